The van der Waals surface area contributed by atoms with Gasteiger partial charge < -0.3 is 4.42 Å². The molecular weight excluding hydrogens is 223 g/mol. The molecule has 0 radical (unpaired) electrons. The summed E-state index contributed by atoms with van der Waals surface area (Å²) < 4.78 is 5.27. The van der Waals surface area contributed by atoms with Crippen molar-refractivity contribution in [3.63, 3.8) is 0 Å². The van der Waals surface area contributed by atoms with Crippen molar-refractivity contribution < 1.29 is 9.21 Å². The minimum Gasteiger partial charge on any atom is -0.453 e. The highest BCUT2D eigenvalue weighted by Gasteiger charge is 2.10. The van der Waals surface area contributed by atoms with Gasteiger partial charge in [0.05, 0.1) is 5.02 Å². The summed E-state index contributed by atoms with van der Waals surface area (Å²) in [5.74, 6) is 0.164. The lowest BCUT2D eigenvalue weighted by Gasteiger charge is -1.92. The first kappa shape index (κ1) is 9.56. The van der Waals surface area contributed by atoms with Gasteiger partial charge in [-0.1, -0.05) is 23.2 Å². The zero-order valence-corrected chi connectivity index (χ0v) is 8.82. The van der Waals surface area contributed by atoms with Gasteiger partial charge in [0.2, 0.25) is 0 Å². The molecule has 1 aromatic carbocycles. The Morgan fingerprint density at radius 2 is 2.00 bits per heavy atom. The molecule has 0 aliphatic rings. The zero-order chi connectivity index (χ0) is 10.3. The third-order valence-electron chi connectivity index (χ3n) is 1.90. The van der Waals surface area contributed by atoms with E-state index in [9.17, 15) is 4.79 Å². The predicted octanol–water partition coefficient (Wildman–Crippen LogP) is 3.94. The number of benzene rings is 1. The molecule has 0 N–H and O–H groups in total. The fraction of sp³-hybridized carbons (Fsp3) is 0.100. The van der Waals surface area contributed by atoms with Gasteiger partial charge in [0.15, 0.2) is 11.5 Å². The number of ketones is 1. The summed E-state index contributed by atoms with van der Waals surface area (Å²) in [6, 6.07) is 4.87. The molecule has 0 saturated heterocycles. The largest absolute Gasteiger partial charge is 0.453 e. The Balaban J connectivity index is 2.76. The lowest BCUT2D eigenvalue weighted by molar-refractivity contribution is 0.0989. The van der Waals surface area contributed by atoms with Crippen LogP contribution >= 0.6 is 23.2 Å². The van der Waals surface area contributed by atoms with Gasteiger partial charge in [-0.3, -0.25) is 4.79 Å². The highest BCUT2D eigenvalue weighted by molar-refractivity contribution is 6.38. The predicted molar refractivity (Wildman–Crippen MR) is 56.2 cm³/mol. The number of carbonyl (C=O) groups is 1. The molecule has 0 spiro atoms. The van der Waals surface area contributed by atoms with E-state index >= 15 is 0 Å². The van der Waals surface area contributed by atoms with Crippen molar-refractivity contribution in [2.45, 2.75) is 6.92 Å². The van der Waals surface area contributed by atoms with Gasteiger partial charge in [-0.05, 0) is 12.1 Å². The van der Waals surface area contributed by atoms with E-state index in [-0.39, 0.29) is 5.78 Å². The van der Waals surface area contributed by atoms with E-state index in [1.165, 1.54) is 6.92 Å². The third kappa shape index (κ3) is 1.51. The summed E-state index contributed by atoms with van der Waals surface area (Å²) in [6.45, 7) is 1.44. The highest BCUT2D eigenvalue weighted by atomic mass is 35.5. The van der Waals surface area contributed by atoms with Crippen LogP contribution in [-0.4, -0.2) is 5.78 Å². The smallest absolute Gasteiger partial charge is 0.194 e. The number of furan rings is 1. The Morgan fingerprint density at radius 3 is 2.64 bits per heavy atom. The molecule has 0 unspecified atom stereocenters. The van der Waals surface area contributed by atoms with Crippen molar-refractivity contribution in [2.75, 3.05) is 0 Å². The van der Waals surface area contributed by atoms with Crippen molar-refractivity contribution >= 4 is 40.0 Å². The molecule has 1 aromatic heterocycles. The molecule has 0 saturated carbocycles. The lowest BCUT2D eigenvalue weighted by Crippen LogP contribution is -1.85. The summed E-state index contributed by atoms with van der Waals surface area (Å²) in [6.07, 6.45) is 0. The molecule has 2 rings (SSSR count). The van der Waals surface area contributed by atoms with Crippen LogP contribution < -0.4 is 0 Å². The van der Waals surface area contributed by atoms with Gasteiger partial charge in [-0.15, -0.1) is 0 Å². The van der Waals surface area contributed by atoms with Crippen LogP contribution in [0.15, 0.2) is 22.6 Å². The fourth-order valence-corrected chi connectivity index (χ4v) is 1.77. The van der Waals surface area contributed by atoms with Gasteiger partial charge in [-0.25, -0.2) is 0 Å². The van der Waals surface area contributed by atoms with Crippen molar-refractivity contribution in [3.05, 3.63) is 34.0 Å². The second-order valence-corrected chi connectivity index (χ2v) is 3.81. The Kier molecular flexibility index (Phi) is 2.25. The topological polar surface area (TPSA) is 30.2 Å². The minimum atomic E-state index is -0.131. The van der Waals surface area contributed by atoms with Crippen LogP contribution in [0.4, 0.5) is 0 Å². The summed E-state index contributed by atoms with van der Waals surface area (Å²) in [5, 5.41) is 1.69. The third-order valence-corrected chi connectivity index (χ3v) is 2.43. The lowest BCUT2D eigenvalue weighted by atomic mass is 10.2. The number of carbonyl (C=O) groups excluding carboxylic acids is 1. The number of fused-ring (bicyclic) bond motifs is 1. The van der Waals surface area contributed by atoms with Crippen molar-refractivity contribution in [1.29, 1.82) is 0 Å². The van der Waals surface area contributed by atoms with Crippen LogP contribution in [0.1, 0.15) is 17.5 Å². The van der Waals surface area contributed by atoms with E-state index in [0.29, 0.717) is 26.8 Å². The molecule has 0 fully saturated rings. The van der Waals surface area contributed by atoms with Gasteiger partial charge in [0.1, 0.15) is 5.58 Å². The van der Waals surface area contributed by atoms with E-state index in [1.54, 1.807) is 18.2 Å². The van der Waals surface area contributed by atoms with Crippen LogP contribution in [0, 0.1) is 0 Å². The van der Waals surface area contributed by atoms with Crippen molar-refractivity contribution in [3.8, 4) is 0 Å². The number of Topliss-reactive ketones (excluding diaryl/α,β-unsaturated/α-hetero) is 1. The Morgan fingerprint density at radius 1 is 1.29 bits per heavy atom. The normalized spacial score (nSPS) is 10.8. The summed E-state index contributed by atoms with van der Waals surface area (Å²) in [5.41, 5.74) is 0.535. The second-order valence-electron chi connectivity index (χ2n) is 2.97. The Hall–Kier alpha value is -0.990. The summed E-state index contributed by atoms with van der Waals surface area (Å²) >= 11 is 11.7. The standard InChI is InChI=1S/C10H6Cl2O2/c1-5(13)9-4-7-8(12)2-6(11)3-10(7)14-9/h2-4H,1H3. The molecule has 2 aromatic rings. The number of rotatable bonds is 1. The van der Waals surface area contributed by atoms with Crippen molar-refractivity contribution in [1.82, 2.24) is 0 Å². The maximum Gasteiger partial charge on any atom is 0.194 e. The quantitative estimate of drug-likeness (QED) is 0.693. The molecule has 0 aliphatic carbocycles. The van der Waals surface area contributed by atoms with Crippen LogP contribution in [0.2, 0.25) is 10.0 Å². The first-order valence-electron chi connectivity index (χ1n) is 3.97. The molecule has 4 heteroatoms. The van der Waals surface area contributed by atoms with E-state index in [0.717, 1.165) is 0 Å². The maximum absolute atomic E-state index is 11.0. The second kappa shape index (κ2) is 3.30. The van der Waals surface area contributed by atoms with Gasteiger partial charge in [0, 0.05) is 23.4 Å². The van der Waals surface area contributed by atoms with Crippen LogP contribution in [0.25, 0.3) is 11.0 Å². The zero-order valence-electron chi connectivity index (χ0n) is 7.30. The molecular formula is C10H6Cl2O2. The number of hydrogen-bond acceptors (Lipinski definition) is 2. The molecule has 0 bridgehead atoms. The van der Waals surface area contributed by atoms with Crippen LogP contribution in [0.3, 0.4) is 0 Å². The van der Waals surface area contributed by atoms with Crippen LogP contribution in [0.5, 0.6) is 0 Å². The first-order chi connectivity index (χ1) is 6.58. The molecule has 72 valence electrons. The van der Waals surface area contributed by atoms with E-state index < -0.39 is 0 Å². The van der Waals surface area contributed by atoms with Gasteiger partial charge in [-0.2, -0.15) is 0 Å². The monoisotopic (exact) mass is 228 g/mol. The fourth-order valence-electron chi connectivity index (χ4n) is 1.24. The number of halogens is 2. The highest BCUT2D eigenvalue weighted by Crippen LogP contribution is 2.30. The average molecular weight is 229 g/mol. The van der Waals surface area contributed by atoms with Gasteiger partial charge in [0.25, 0.3) is 0 Å². The molecule has 0 atom stereocenters. The molecule has 0 aliphatic heterocycles. The molecule has 14 heavy (non-hydrogen) atoms. The number of hydrogen-bond donors (Lipinski definition) is 0. The first-order valence-corrected chi connectivity index (χ1v) is 4.73. The Labute approximate surface area is 90.4 Å². The summed E-state index contributed by atoms with van der Waals surface area (Å²) in [4.78, 5) is 11.0. The molecule has 0 amide bonds. The maximum atomic E-state index is 11.0. The van der Waals surface area contributed by atoms with Crippen molar-refractivity contribution in [2.24, 2.45) is 0 Å². The van der Waals surface area contributed by atoms with E-state index in [4.69, 9.17) is 27.6 Å². The Bertz CT molecular complexity index is 514. The molecule has 2 nitrogen and oxygen atoms in total. The average Bonchev–Trinajstić information content (AvgIpc) is 2.47. The minimum absolute atomic E-state index is 0.131. The van der Waals surface area contributed by atoms with E-state index in [1.807, 2.05) is 0 Å². The van der Waals surface area contributed by atoms with Crippen LogP contribution in [-0.2, 0) is 0 Å². The summed E-state index contributed by atoms with van der Waals surface area (Å²) in [7, 11) is 0. The van der Waals surface area contributed by atoms with Gasteiger partial charge >= 0.3 is 0 Å². The van der Waals surface area contributed by atoms with E-state index in [2.05, 4.69) is 0 Å². The molecule has 1 heterocycles. The SMILES string of the molecule is CC(=O)c1cc2c(Cl)cc(Cl)cc2o1.